The third-order valence-corrected chi connectivity index (χ3v) is 7.38. The van der Waals surface area contributed by atoms with Gasteiger partial charge in [-0.1, -0.05) is 101 Å². The van der Waals surface area contributed by atoms with Gasteiger partial charge >= 0.3 is 5.97 Å². The summed E-state index contributed by atoms with van der Waals surface area (Å²) in [6, 6.07) is 21.0. The Bertz CT molecular complexity index is 1150. The van der Waals surface area contributed by atoms with Crippen molar-refractivity contribution in [3.63, 3.8) is 0 Å². The average Bonchev–Trinajstić information content (AvgIpc) is 2.85. The van der Waals surface area contributed by atoms with E-state index in [1.807, 2.05) is 81.4 Å². The fourth-order valence-corrected chi connectivity index (χ4v) is 5.57. The summed E-state index contributed by atoms with van der Waals surface area (Å²) in [7, 11) is 0. The Morgan fingerprint density at radius 1 is 0.882 bits per heavy atom. The SMILES string of the molecule is CCc1ccccc1C(N)(c1ccccc1)C(CC)(C(=O)O)c1ccc(C(C)C)c(CC)c1O. The molecule has 0 amide bonds. The normalized spacial score (nSPS) is 15.0. The predicted molar refractivity (Wildman–Crippen MR) is 138 cm³/mol. The highest BCUT2D eigenvalue weighted by Gasteiger charge is 2.58. The molecule has 0 aliphatic heterocycles. The van der Waals surface area contributed by atoms with Gasteiger partial charge < -0.3 is 15.9 Å². The number of rotatable bonds is 9. The number of nitrogens with two attached hydrogens (primary N) is 1. The molecule has 180 valence electrons. The molecule has 0 fully saturated rings. The van der Waals surface area contributed by atoms with Crippen LogP contribution in [0.15, 0.2) is 66.7 Å². The minimum absolute atomic E-state index is 0.0395. The maximum absolute atomic E-state index is 13.4. The zero-order chi connectivity index (χ0) is 25.1. The molecule has 0 saturated heterocycles. The minimum atomic E-state index is -1.61. The lowest BCUT2D eigenvalue weighted by atomic mass is 9.57. The molecule has 0 radical (unpaired) electrons. The number of carboxylic acid groups (broad SMARTS) is 1. The molecule has 0 spiro atoms. The van der Waals surface area contributed by atoms with E-state index in [2.05, 4.69) is 13.8 Å². The molecule has 3 aromatic rings. The summed E-state index contributed by atoms with van der Waals surface area (Å²) in [4.78, 5) is 13.4. The second-order valence-corrected chi connectivity index (χ2v) is 9.29. The van der Waals surface area contributed by atoms with E-state index in [9.17, 15) is 15.0 Å². The van der Waals surface area contributed by atoms with Crippen molar-refractivity contribution in [2.75, 3.05) is 0 Å². The van der Waals surface area contributed by atoms with Crippen LogP contribution >= 0.6 is 0 Å². The topological polar surface area (TPSA) is 83.6 Å². The van der Waals surface area contributed by atoms with Crippen LogP contribution in [0.25, 0.3) is 0 Å². The Morgan fingerprint density at radius 2 is 1.50 bits per heavy atom. The van der Waals surface area contributed by atoms with Crippen molar-refractivity contribution in [3.8, 4) is 5.75 Å². The Morgan fingerprint density at radius 3 is 2.03 bits per heavy atom. The van der Waals surface area contributed by atoms with Crippen molar-refractivity contribution < 1.29 is 15.0 Å². The number of hydrogen-bond acceptors (Lipinski definition) is 3. The van der Waals surface area contributed by atoms with Crippen LogP contribution in [0.5, 0.6) is 5.75 Å². The van der Waals surface area contributed by atoms with Gasteiger partial charge in [-0.3, -0.25) is 4.79 Å². The van der Waals surface area contributed by atoms with Gasteiger partial charge in [0.15, 0.2) is 0 Å². The quantitative estimate of drug-likeness (QED) is 0.352. The van der Waals surface area contributed by atoms with Gasteiger partial charge in [-0.2, -0.15) is 0 Å². The smallest absolute Gasteiger partial charge is 0.316 e. The van der Waals surface area contributed by atoms with Crippen LogP contribution in [-0.4, -0.2) is 16.2 Å². The van der Waals surface area contributed by atoms with E-state index < -0.39 is 16.9 Å². The number of benzene rings is 3. The van der Waals surface area contributed by atoms with Gasteiger partial charge in [0, 0.05) is 5.56 Å². The van der Waals surface area contributed by atoms with Crippen LogP contribution in [0.1, 0.15) is 80.3 Å². The van der Waals surface area contributed by atoms with Crippen molar-refractivity contribution in [1.82, 2.24) is 0 Å². The summed E-state index contributed by atoms with van der Waals surface area (Å²) in [6.07, 6.45) is 1.50. The number of carbonyl (C=O) groups is 1. The summed E-state index contributed by atoms with van der Waals surface area (Å²) < 4.78 is 0. The number of carboxylic acids is 1. The number of phenolic OH excluding ortho intramolecular Hbond substituents is 1. The summed E-state index contributed by atoms with van der Waals surface area (Å²) in [6.45, 7) is 10.0. The second-order valence-electron chi connectivity index (χ2n) is 9.29. The molecule has 4 nitrogen and oxygen atoms in total. The molecule has 4 N–H and O–H groups in total. The van der Waals surface area contributed by atoms with Gasteiger partial charge in [-0.15, -0.1) is 0 Å². The van der Waals surface area contributed by atoms with Gasteiger partial charge in [-0.05, 0) is 53.0 Å². The maximum Gasteiger partial charge on any atom is 0.316 e. The highest BCUT2D eigenvalue weighted by atomic mass is 16.4. The number of aromatic hydroxyl groups is 1. The van der Waals surface area contributed by atoms with Crippen LogP contribution in [0.2, 0.25) is 0 Å². The van der Waals surface area contributed by atoms with Crippen LogP contribution in [-0.2, 0) is 28.6 Å². The largest absolute Gasteiger partial charge is 0.507 e. The van der Waals surface area contributed by atoms with Crippen molar-refractivity contribution in [1.29, 1.82) is 0 Å². The standard InChI is InChI=1S/C30H37NO3/c1-6-21-14-12-13-17-25(21)30(31,22-15-10-9-11-16-22)29(8-3,28(33)34)26-19-18-24(20(4)5)23(7-2)27(26)32/h9-20,32H,6-8,31H2,1-5H3,(H,33,34). The molecule has 3 rings (SSSR count). The van der Waals surface area contributed by atoms with Crippen LogP contribution in [0, 0.1) is 0 Å². The zero-order valence-corrected chi connectivity index (χ0v) is 20.9. The molecule has 2 atom stereocenters. The van der Waals surface area contributed by atoms with E-state index in [-0.39, 0.29) is 18.1 Å². The van der Waals surface area contributed by atoms with Gasteiger partial charge in [0.2, 0.25) is 0 Å². The molecule has 0 aromatic heterocycles. The van der Waals surface area contributed by atoms with E-state index in [4.69, 9.17) is 5.73 Å². The molecule has 0 aliphatic rings. The Hall–Kier alpha value is -3.11. The fourth-order valence-electron chi connectivity index (χ4n) is 5.57. The summed E-state index contributed by atoms with van der Waals surface area (Å²) in [5.74, 6) is -0.812. The summed E-state index contributed by atoms with van der Waals surface area (Å²) in [5, 5.41) is 22.6. The van der Waals surface area contributed by atoms with E-state index in [1.165, 1.54) is 0 Å². The first kappa shape index (κ1) is 25.5. The molecule has 4 heteroatoms. The molecule has 3 aromatic carbocycles. The zero-order valence-electron chi connectivity index (χ0n) is 20.9. The molecule has 0 bridgehead atoms. The predicted octanol–water partition coefficient (Wildman–Crippen LogP) is 6.28. The third kappa shape index (κ3) is 3.80. The first-order valence-corrected chi connectivity index (χ1v) is 12.2. The van der Waals surface area contributed by atoms with E-state index in [1.54, 1.807) is 6.07 Å². The Labute approximate surface area is 203 Å². The molecular formula is C30H37NO3. The summed E-state index contributed by atoms with van der Waals surface area (Å²) in [5.41, 5.74) is 8.99. The lowest BCUT2D eigenvalue weighted by molar-refractivity contribution is -0.147. The van der Waals surface area contributed by atoms with Gasteiger partial charge in [0.05, 0.1) is 5.54 Å². The molecule has 0 aliphatic carbocycles. The second kappa shape index (κ2) is 10.0. The van der Waals surface area contributed by atoms with E-state index in [0.29, 0.717) is 24.0 Å². The number of phenols is 1. The first-order chi connectivity index (χ1) is 16.2. The monoisotopic (exact) mass is 459 g/mol. The Kier molecular flexibility index (Phi) is 7.52. The third-order valence-electron chi connectivity index (χ3n) is 7.38. The van der Waals surface area contributed by atoms with Gasteiger partial charge in [0.25, 0.3) is 0 Å². The van der Waals surface area contributed by atoms with Crippen LogP contribution in [0.4, 0.5) is 0 Å². The highest BCUT2D eigenvalue weighted by molar-refractivity contribution is 5.87. The molecule has 0 saturated carbocycles. The first-order valence-electron chi connectivity index (χ1n) is 12.2. The van der Waals surface area contributed by atoms with Crippen molar-refractivity contribution >= 4 is 5.97 Å². The van der Waals surface area contributed by atoms with Crippen LogP contribution in [0.3, 0.4) is 0 Å². The van der Waals surface area contributed by atoms with Gasteiger partial charge in [0.1, 0.15) is 11.2 Å². The number of aliphatic carboxylic acids is 1. The van der Waals surface area contributed by atoms with Crippen LogP contribution < -0.4 is 5.73 Å². The van der Waals surface area contributed by atoms with E-state index >= 15 is 0 Å². The minimum Gasteiger partial charge on any atom is -0.507 e. The molecular weight excluding hydrogens is 422 g/mol. The molecule has 2 unspecified atom stereocenters. The van der Waals surface area contributed by atoms with Crippen molar-refractivity contribution in [2.45, 2.75) is 70.8 Å². The average molecular weight is 460 g/mol. The number of hydrogen-bond donors (Lipinski definition) is 3. The van der Waals surface area contributed by atoms with Gasteiger partial charge in [-0.25, -0.2) is 0 Å². The highest BCUT2D eigenvalue weighted by Crippen LogP contribution is 2.52. The lowest BCUT2D eigenvalue weighted by Gasteiger charge is -2.47. The lowest BCUT2D eigenvalue weighted by Crippen LogP contribution is -2.61. The van der Waals surface area contributed by atoms with E-state index in [0.717, 1.165) is 22.3 Å². The Balaban J connectivity index is 2.52. The maximum atomic E-state index is 13.4. The fraction of sp³-hybridized carbons (Fsp3) is 0.367. The van der Waals surface area contributed by atoms with Crippen molar-refractivity contribution in [2.24, 2.45) is 5.73 Å². The molecule has 0 heterocycles. The number of aryl methyl sites for hydroxylation is 1. The molecule has 34 heavy (non-hydrogen) atoms. The summed E-state index contributed by atoms with van der Waals surface area (Å²) >= 11 is 0. The van der Waals surface area contributed by atoms with Crippen molar-refractivity contribution in [3.05, 3.63) is 100 Å².